The smallest absolute Gasteiger partial charge is 0.271 e. The average molecular weight is 543 g/mol. The second-order valence-corrected chi connectivity index (χ2v) is 8.12. The molecule has 0 radical (unpaired) electrons. The van der Waals surface area contributed by atoms with Gasteiger partial charge in [-0.3, -0.25) is 14.9 Å². The lowest BCUT2D eigenvalue weighted by Gasteiger charge is -2.14. The Labute approximate surface area is 208 Å². The minimum absolute atomic E-state index is 0.0239. The maximum absolute atomic E-state index is 12.6. The maximum atomic E-state index is 12.6. The van der Waals surface area contributed by atoms with Crippen LogP contribution in [0.5, 0.6) is 11.5 Å². The lowest BCUT2D eigenvalue weighted by molar-refractivity contribution is -0.384. The summed E-state index contributed by atoms with van der Waals surface area (Å²) in [5, 5.41) is 22.8. The van der Waals surface area contributed by atoms with E-state index in [9.17, 15) is 20.2 Å². The number of rotatable bonds is 8. The molecule has 3 aromatic carbocycles. The third-order valence-corrected chi connectivity index (χ3v) is 5.47. The molecule has 1 amide bonds. The Hall–Kier alpha value is -3.87. The van der Waals surface area contributed by atoms with Crippen LogP contribution in [-0.4, -0.2) is 17.9 Å². The molecule has 0 atom stereocenters. The maximum Gasteiger partial charge on any atom is 0.271 e. The number of nitrogens with zero attached hydrogens (tertiary/aromatic N) is 2. The van der Waals surface area contributed by atoms with Gasteiger partial charge in [0.05, 0.1) is 27.2 Å². The van der Waals surface area contributed by atoms with Gasteiger partial charge >= 0.3 is 0 Å². The molecule has 3 aromatic rings. The van der Waals surface area contributed by atoms with E-state index in [-0.39, 0.29) is 22.0 Å². The molecule has 172 valence electrons. The summed E-state index contributed by atoms with van der Waals surface area (Å²) in [7, 11) is 1.49. The molecule has 0 saturated carbocycles. The normalized spacial score (nSPS) is 10.8. The van der Waals surface area contributed by atoms with Crippen molar-refractivity contribution in [3.05, 3.63) is 97.0 Å². The van der Waals surface area contributed by atoms with Gasteiger partial charge in [-0.1, -0.05) is 41.9 Å². The number of nitro benzene ring substituents is 1. The van der Waals surface area contributed by atoms with Crippen molar-refractivity contribution in [2.75, 3.05) is 12.4 Å². The second kappa shape index (κ2) is 11.3. The summed E-state index contributed by atoms with van der Waals surface area (Å²) in [6.07, 6.45) is 1.38. The van der Waals surface area contributed by atoms with Gasteiger partial charge in [0.25, 0.3) is 11.6 Å². The number of hydrogen-bond acceptors (Lipinski definition) is 6. The van der Waals surface area contributed by atoms with Crippen LogP contribution < -0.4 is 14.8 Å². The van der Waals surface area contributed by atoms with Crippen molar-refractivity contribution < 1.29 is 19.2 Å². The molecule has 0 fully saturated rings. The summed E-state index contributed by atoms with van der Waals surface area (Å²) in [6.45, 7) is 0.326. The SMILES string of the molecule is COc1cc(/C=C(\C#N)C(=O)Nc2ccc([N+](=O)[O-])cc2Cl)cc(Br)c1OCc1ccccc1. The topological polar surface area (TPSA) is 114 Å². The van der Waals surface area contributed by atoms with E-state index in [4.69, 9.17) is 21.1 Å². The summed E-state index contributed by atoms with van der Waals surface area (Å²) >= 11 is 9.47. The lowest BCUT2D eigenvalue weighted by Crippen LogP contribution is -2.13. The number of anilines is 1. The van der Waals surface area contributed by atoms with E-state index in [0.29, 0.717) is 28.1 Å². The minimum atomic E-state index is -0.724. The van der Waals surface area contributed by atoms with E-state index in [1.807, 2.05) is 36.4 Å². The molecule has 34 heavy (non-hydrogen) atoms. The molecule has 0 saturated heterocycles. The zero-order valence-electron chi connectivity index (χ0n) is 17.7. The Bertz CT molecular complexity index is 1310. The number of non-ortho nitro benzene ring substituents is 1. The molecular weight excluding hydrogens is 526 g/mol. The monoisotopic (exact) mass is 541 g/mol. The van der Waals surface area contributed by atoms with E-state index in [2.05, 4.69) is 21.2 Å². The fourth-order valence-electron chi connectivity index (χ4n) is 2.92. The summed E-state index contributed by atoms with van der Waals surface area (Å²) in [5.74, 6) is 0.162. The number of halogens is 2. The van der Waals surface area contributed by atoms with Gasteiger partial charge in [0, 0.05) is 12.1 Å². The standard InChI is InChI=1S/C24H17BrClN3O5/c1-33-22-11-16(10-19(25)23(22)34-14-15-5-3-2-4-6-15)9-17(13-27)24(30)28-21-8-7-18(29(31)32)12-20(21)26/h2-12H,14H2,1H3,(H,28,30)/b17-9+. The van der Waals surface area contributed by atoms with Gasteiger partial charge in [-0.25, -0.2) is 0 Å². The number of hydrogen-bond donors (Lipinski definition) is 1. The molecule has 0 aromatic heterocycles. The average Bonchev–Trinajstić information content (AvgIpc) is 2.83. The molecule has 0 aliphatic carbocycles. The number of nitrogens with one attached hydrogen (secondary N) is 1. The number of nitro groups is 1. The van der Waals surface area contributed by atoms with Gasteiger partial charge in [-0.15, -0.1) is 0 Å². The van der Waals surface area contributed by atoms with Crippen LogP contribution in [0.4, 0.5) is 11.4 Å². The van der Waals surface area contributed by atoms with Gasteiger partial charge in [0.2, 0.25) is 0 Å². The Morgan fingerprint density at radius 1 is 1.24 bits per heavy atom. The molecule has 1 N–H and O–H groups in total. The number of carbonyl (C=O) groups excluding carboxylic acids is 1. The largest absolute Gasteiger partial charge is 0.493 e. The zero-order valence-corrected chi connectivity index (χ0v) is 20.1. The minimum Gasteiger partial charge on any atom is -0.493 e. The number of amides is 1. The molecular formula is C24H17BrClN3O5. The van der Waals surface area contributed by atoms with Crippen LogP contribution in [0.2, 0.25) is 5.02 Å². The number of ether oxygens (including phenoxy) is 2. The number of methoxy groups -OCH3 is 1. The highest BCUT2D eigenvalue weighted by atomic mass is 79.9. The Morgan fingerprint density at radius 3 is 2.59 bits per heavy atom. The van der Waals surface area contributed by atoms with Gasteiger partial charge in [0.15, 0.2) is 11.5 Å². The quantitative estimate of drug-likeness (QED) is 0.158. The van der Waals surface area contributed by atoms with Crippen molar-refractivity contribution in [1.82, 2.24) is 0 Å². The van der Waals surface area contributed by atoms with Gasteiger partial charge < -0.3 is 14.8 Å². The van der Waals surface area contributed by atoms with Crippen LogP contribution in [0.15, 0.2) is 70.7 Å². The first kappa shape index (κ1) is 24.8. The van der Waals surface area contributed by atoms with Crippen molar-refractivity contribution in [2.45, 2.75) is 6.61 Å². The van der Waals surface area contributed by atoms with E-state index >= 15 is 0 Å². The molecule has 10 heteroatoms. The summed E-state index contributed by atoms with van der Waals surface area (Å²) < 4.78 is 11.9. The predicted octanol–water partition coefficient (Wildman–Crippen LogP) is 6.14. The molecule has 0 aliphatic rings. The van der Waals surface area contributed by atoms with E-state index in [1.54, 1.807) is 12.1 Å². The van der Waals surface area contributed by atoms with Crippen molar-refractivity contribution in [3.8, 4) is 17.6 Å². The highest BCUT2D eigenvalue weighted by Gasteiger charge is 2.16. The highest BCUT2D eigenvalue weighted by Crippen LogP contribution is 2.38. The first-order chi connectivity index (χ1) is 16.3. The Balaban J connectivity index is 1.82. The van der Waals surface area contributed by atoms with Crippen molar-refractivity contribution in [3.63, 3.8) is 0 Å². The van der Waals surface area contributed by atoms with Crippen LogP contribution in [0.25, 0.3) is 6.08 Å². The molecule has 0 unspecified atom stereocenters. The van der Waals surface area contributed by atoms with Gasteiger partial charge in [-0.05, 0) is 51.3 Å². The first-order valence-electron chi connectivity index (χ1n) is 9.73. The number of benzene rings is 3. The third kappa shape index (κ3) is 6.13. The van der Waals surface area contributed by atoms with Crippen LogP contribution in [0.3, 0.4) is 0 Å². The van der Waals surface area contributed by atoms with Crippen molar-refractivity contribution in [1.29, 1.82) is 5.26 Å². The van der Waals surface area contributed by atoms with Gasteiger partial charge in [-0.2, -0.15) is 5.26 Å². The predicted molar refractivity (Wildman–Crippen MR) is 132 cm³/mol. The van der Waals surface area contributed by atoms with Crippen LogP contribution in [-0.2, 0) is 11.4 Å². The molecule has 0 aliphatic heterocycles. The Kier molecular flexibility index (Phi) is 8.24. The van der Waals surface area contributed by atoms with E-state index in [0.717, 1.165) is 11.6 Å². The zero-order chi connectivity index (χ0) is 24.7. The van der Waals surface area contributed by atoms with Crippen LogP contribution in [0, 0.1) is 21.4 Å². The van der Waals surface area contributed by atoms with E-state index in [1.165, 1.54) is 25.3 Å². The lowest BCUT2D eigenvalue weighted by atomic mass is 10.1. The molecule has 0 bridgehead atoms. The van der Waals surface area contributed by atoms with Crippen LogP contribution in [0.1, 0.15) is 11.1 Å². The van der Waals surface area contributed by atoms with Crippen LogP contribution >= 0.6 is 27.5 Å². The summed E-state index contributed by atoms with van der Waals surface area (Å²) in [6, 6.07) is 18.4. The molecule has 0 heterocycles. The summed E-state index contributed by atoms with van der Waals surface area (Å²) in [5.41, 5.74) is 1.21. The highest BCUT2D eigenvalue weighted by molar-refractivity contribution is 9.10. The van der Waals surface area contributed by atoms with Crippen molar-refractivity contribution in [2.24, 2.45) is 0 Å². The molecule has 0 spiro atoms. The molecule has 3 rings (SSSR count). The summed E-state index contributed by atoms with van der Waals surface area (Å²) in [4.78, 5) is 22.9. The third-order valence-electron chi connectivity index (χ3n) is 4.57. The van der Waals surface area contributed by atoms with Gasteiger partial charge in [0.1, 0.15) is 18.2 Å². The Morgan fingerprint density at radius 2 is 1.97 bits per heavy atom. The fraction of sp³-hybridized carbons (Fsp3) is 0.0833. The number of nitriles is 1. The second-order valence-electron chi connectivity index (χ2n) is 6.85. The first-order valence-corrected chi connectivity index (χ1v) is 10.9. The molecule has 8 nitrogen and oxygen atoms in total. The van der Waals surface area contributed by atoms with Crippen molar-refractivity contribution >= 4 is 50.9 Å². The number of carbonyl (C=O) groups is 1. The fourth-order valence-corrected chi connectivity index (χ4v) is 3.71. The van der Waals surface area contributed by atoms with E-state index < -0.39 is 10.8 Å².